The third-order valence-electron chi connectivity index (χ3n) is 3.94. The molecule has 0 aliphatic carbocycles. The number of imidazole rings is 1. The van der Waals surface area contributed by atoms with E-state index in [0.29, 0.717) is 5.65 Å². The number of rotatable bonds is 1. The van der Waals surface area contributed by atoms with Crippen LogP contribution in [0.25, 0.3) is 44.4 Å². The minimum absolute atomic E-state index is 0.682. The molecule has 0 atom stereocenters. The number of para-hydroxylation sites is 1. The van der Waals surface area contributed by atoms with Gasteiger partial charge in [-0.1, -0.05) is 30.3 Å². The summed E-state index contributed by atoms with van der Waals surface area (Å²) in [5.74, 6) is 0.802. The SMILES string of the molecule is c1ccc2c(c1)[nH]c1cc(-c3nc4ncncc4[nH]3)ccc12. The lowest BCUT2D eigenvalue weighted by molar-refractivity contribution is 1.20. The van der Waals surface area contributed by atoms with Crippen LogP contribution in [0, 0.1) is 0 Å². The van der Waals surface area contributed by atoms with E-state index in [1.807, 2.05) is 6.07 Å². The predicted octanol–water partition coefficient (Wildman–Crippen LogP) is 3.65. The van der Waals surface area contributed by atoms with Crippen molar-refractivity contribution in [2.75, 3.05) is 0 Å². The topological polar surface area (TPSA) is 70.2 Å². The van der Waals surface area contributed by atoms with Crippen LogP contribution >= 0.6 is 0 Å². The van der Waals surface area contributed by atoms with E-state index in [1.165, 1.54) is 17.1 Å². The van der Waals surface area contributed by atoms with E-state index in [0.717, 1.165) is 27.9 Å². The van der Waals surface area contributed by atoms with Gasteiger partial charge in [0.05, 0.1) is 6.20 Å². The molecule has 0 aliphatic heterocycles. The summed E-state index contributed by atoms with van der Waals surface area (Å²) in [6.07, 6.45) is 3.24. The minimum Gasteiger partial charge on any atom is -0.354 e. The van der Waals surface area contributed by atoms with Crippen molar-refractivity contribution >= 4 is 33.0 Å². The molecule has 2 N–H and O–H groups in total. The van der Waals surface area contributed by atoms with Crippen molar-refractivity contribution in [3.63, 3.8) is 0 Å². The van der Waals surface area contributed by atoms with Gasteiger partial charge < -0.3 is 9.97 Å². The molecule has 0 saturated carbocycles. The van der Waals surface area contributed by atoms with Gasteiger partial charge >= 0.3 is 0 Å². The maximum absolute atomic E-state index is 4.52. The molecular weight excluding hydrogens is 274 g/mol. The second kappa shape index (κ2) is 4.14. The van der Waals surface area contributed by atoms with Gasteiger partial charge in [-0.2, -0.15) is 0 Å². The van der Waals surface area contributed by atoms with Crippen molar-refractivity contribution in [3.8, 4) is 11.4 Å². The van der Waals surface area contributed by atoms with E-state index in [1.54, 1.807) is 6.20 Å². The Hall–Kier alpha value is -3.21. The van der Waals surface area contributed by atoms with Crippen molar-refractivity contribution in [1.82, 2.24) is 24.9 Å². The molecule has 22 heavy (non-hydrogen) atoms. The Labute approximate surface area is 125 Å². The Morgan fingerprint density at radius 3 is 2.68 bits per heavy atom. The number of aromatic amines is 2. The molecule has 104 valence electrons. The first-order valence-corrected chi connectivity index (χ1v) is 7.05. The molecule has 5 rings (SSSR count). The first-order chi connectivity index (χ1) is 10.9. The summed E-state index contributed by atoms with van der Waals surface area (Å²) in [5, 5.41) is 2.45. The maximum atomic E-state index is 4.52. The van der Waals surface area contributed by atoms with E-state index in [2.05, 4.69) is 61.3 Å². The number of H-pyrrole nitrogens is 2. The van der Waals surface area contributed by atoms with Gasteiger partial charge in [0.1, 0.15) is 17.7 Å². The third-order valence-corrected chi connectivity index (χ3v) is 3.94. The molecule has 5 heteroatoms. The Bertz CT molecular complexity index is 1100. The highest BCUT2D eigenvalue weighted by molar-refractivity contribution is 6.08. The van der Waals surface area contributed by atoms with Crippen LogP contribution in [-0.4, -0.2) is 24.9 Å². The van der Waals surface area contributed by atoms with Crippen LogP contribution in [0.15, 0.2) is 55.0 Å². The Morgan fingerprint density at radius 2 is 1.73 bits per heavy atom. The number of fused-ring (bicyclic) bond motifs is 4. The third kappa shape index (κ3) is 1.56. The molecule has 0 spiro atoms. The van der Waals surface area contributed by atoms with Crippen molar-refractivity contribution in [1.29, 1.82) is 0 Å². The van der Waals surface area contributed by atoms with E-state index < -0.39 is 0 Å². The fourth-order valence-electron chi connectivity index (χ4n) is 2.90. The van der Waals surface area contributed by atoms with Crippen LogP contribution < -0.4 is 0 Å². The quantitative estimate of drug-likeness (QED) is 0.494. The van der Waals surface area contributed by atoms with Crippen molar-refractivity contribution < 1.29 is 0 Å². The molecule has 0 aliphatic rings. The second-order valence-electron chi connectivity index (χ2n) is 5.28. The number of nitrogens with zero attached hydrogens (tertiary/aromatic N) is 3. The highest BCUT2D eigenvalue weighted by Gasteiger charge is 2.09. The molecule has 3 aromatic heterocycles. The summed E-state index contributed by atoms with van der Waals surface area (Å²) in [4.78, 5) is 19.4. The highest BCUT2D eigenvalue weighted by Crippen LogP contribution is 2.29. The molecule has 0 radical (unpaired) electrons. The van der Waals surface area contributed by atoms with E-state index in [9.17, 15) is 0 Å². The smallest absolute Gasteiger partial charge is 0.181 e. The Balaban J connectivity index is 1.75. The van der Waals surface area contributed by atoms with Crippen LogP contribution in [-0.2, 0) is 0 Å². The lowest BCUT2D eigenvalue weighted by Crippen LogP contribution is -1.80. The molecule has 3 heterocycles. The number of hydrogen-bond donors (Lipinski definition) is 2. The van der Waals surface area contributed by atoms with Gasteiger partial charge in [-0.25, -0.2) is 15.0 Å². The molecule has 0 saturated heterocycles. The fraction of sp³-hybridized carbons (Fsp3) is 0. The summed E-state index contributed by atoms with van der Waals surface area (Å²) in [5.41, 5.74) is 4.79. The average Bonchev–Trinajstić information content (AvgIpc) is 3.15. The van der Waals surface area contributed by atoms with Crippen LogP contribution in [0.4, 0.5) is 0 Å². The monoisotopic (exact) mass is 285 g/mol. The summed E-state index contributed by atoms with van der Waals surface area (Å²) in [7, 11) is 0. The van der Waals surface area contributed by atoms with Gasteiger partial charge in [0.15, 0.2) is 5.65 Å². The predicted molar refractivity (Wildman–Crippen MR) is 86.5 cm³/mol. The zero-order chi connectivity index (χ0) is 14.5. The van der Waals surface area contributed by atoms with Crippen LogP contribution in [0.1, 0.15) is 0 Å². The van der Waals surface area contributed by atoms with Gasteiger partial charge in [-0.05, 0) is 12.1 Å². The summed E-state index contributed by atoms with van der Waals surface area (Å²) >= 11 is 0. The van der Waals surface area contributed by atoms with Crippen molar-refractivity contribution in [3.05, 3.63) is 55.0 Å². The first kappa shape index (κ1) is 11.4. The fourth-order valence-corrected chi connectivity index (χ4v) is 2.90. The lowest BCUT2D eigenvalue weighted by Gasteiger charge is -1.97. The Kier molecular flexibility index (Phi) is 2.16. The van der Waals surface area contributed by atoms with E-state index in [4.69, 9.17) is 0 Å². The Morgan fingerprint density at radius 1 is 0.818 bits per heavy atom. The minimum atomic E-state index is 0.682. The molecular formula is C17H11N5. The van der Waals surface area contributed by atoms with E-state index in [-0.39, 0.29) is 0 Å². The first-order valence-electron chi connectivity index (χ1n) is 7.05. The van der Waals surface area contributed by atoms with Gasteiger partial charge in [0, 0.05) is 27.4 Å². The zero-order valence-electron chi connectivity index (χ0n) is 11.5. The average molecular weight is 285 g/mol. The number of nitrogens with one attached hydrogen (secondary N) is 2. The normalized spacial score (nSPS) is 11.6. The lowest BCUT2D eigenvalue weighted by atomic mass is 10.1. The molecule has 5 aromatic rings. The van der Waals surface area contributed by atoms with Crippen molar-refractivity contribution in [2.45, 2.75) is 0 Å². The van der Waals surface area contributed by atoms with Gasteiger partial charge in [-0.15, -0.1) is 0 Å². The molecule has 0 amide bonds. The number of hydrogen-bond acceptors (Lipinski definition) is 3. The molecule has 5 nitrogen and oxygen atoms in total. The molecule has 0 fully saturated rings. The van der Waals surface area contributed by atoms with Crippen molar-refractivity contribution in [2.24, 2.45) is 0 Å². The summed E-state index contributed by atoms with van der Waals surface area (Å²) in [6.45, 7) is 0. The van der Waals surface area contributed by atoms with Gasteiger partial charge in [-0.3, -0.25) is 0 Å². The highest BCUT2D eigenvalue weighted by atomic mass is 15.0. The molecule has 0 bridgehead atoms. The zero-order valence-corrected chi connectivity index (χ0v) is 11.5. The van der Waals surface area contributed by atoms with Crippen LogP contribution in [0.3, 0.4) is 0 Å². The standard InChI is InChI=1S/C17H11N5/c1-2-4-13-11(3-1)12-6-5-10(7-14(12)20-13)16-21-15-8-18-9-19-17(15)22-16/h1-9,20H,(H,18,19,21,22). The van der Waals surface area contributed by atoms with Crippen LogP contribution in [0.2, 0.25) is 0 Å². The second-order valence-corrected chi connectivity index (χ2v) is 5.28. The largest absolute Gasteiger partial charge is 0.354 e. The maximum Gasteiger partial charge on any atom is 0.181 e. The number of aromatic nitrogens is 5. The van der Waals surface area contributed by atoms with Gasteiger partial charge in [0.2, 0.25) is 0 Å². The van der Waals surface area contributed by atoms with Gasteiger partial charge in [0.25, 0.3) is 0 Å². The number of benzene rings is 2. The summed E-state index contributed by atoms with van der Waals surface area (Å²) < 4.78 is 0. The molecule has 2 aromatic carbocycles. The van der Waals surface area contributed by atoms with E-state index >= 15 is 0 Å². The summed E-state index contributed by atoms with van der Waals surface area (Å²) in [6, 6.07) is 14.6. The van der Waals surface area contributed by atoms with Crippen LogP contribution in [0.5, 0.6) is 0 Å². The molecule has 0 unspecified atom stereocenters.